The van der Waals surface area contributed by atoms with Crippen LogP contribution in [0.5, 0.6) is 0 Å². The summed E-state index contributed by atoms with van der Waals surface area (Å²) in [5.41, 5.74) is 0.935. The summed E-state index contributed by atoms with van der Waals surface area (Å²) in [6.07, 6.45) is -4.13. The molecule has 0 aliphatic heterocycles. The molecule has 2 rings (SSSR count). The van der Waals surface area contributed by atoms with Gasteiger partial charge in [0.05, 0.1) is 0 Å². The molecule has 114 valence electrons. The van der Waals surface area contributed by atoms with Crippen LogP contribution in [0.1, 0.15) is 26.2 Å². The summed E-state index contributed by atoms with van der Waals surface area (Å²) in [4.78, 5) is 0. The van der Waals surface area contributed by atoms with Crippen LogP contribution < -0.4 is 5.32 Å². The van der Waals surface area contributed by atoms with Gasteiger partial charge in [0.15, 0.2) is 0 Å². The Morgan fingerprint density at radius 1 is 1.10 bits per heavy atom. The van der Waals surface area contributed by atoms with Crippen molar-refractivity contribution in [1.29, 1.82) is 0 Å². The first-order valence-electron chi connectivity index (χ1n) is 6.86. The minimum atomic E-state index is -4.06. The molecule has 2 aromatic carbocycles. The molecule has 0 saturated heterocycles. The Morgan fingerprint density at radius 3 is 2.48 bits per heavy atom. The predicted octanol–water partition coefficient (Wildman–Crippen LogP) is 6.14. The third-order valence-corrected chi connectivity index (χ3v) is 3.81. The van der Waals surface area contributed by atoms with Gasteiger partial charge in [-0.25, -0.2) is 0 Å². The zero-order chi connectivity index (χ0) is 15.5. The van der Waals surface area contributed by atoms with Crippen molar-refractivity contribution in [3.63, 3.8) is 0 Å². The van der Waals surface area contributed by atoms with Gasteiger partial charge in [-0.15, -0.1) is 0 Å². The lowest BCUT2D eigenvalue weighted by atomic mass is 10.1. The normalized spacial score (nSPS) is 13.4. The van der Waals surface area contributed by atoms with Crippen molar-refractivity contribution in [2.45, 2.75) is 38.4 Å². The fourth-order valence-corrected chi connectivity index (χ4v) is 2.65. The van der Waals surface area contributed by atoms with Crippen LogP contribution in [0.25, 0.3) is 10.8 Å². The first kappa shape index (κ1) is 16.1. The summed E-state index contributed by atoms with van der Waals surface area (Å²) < 4.78 is 37.4. The van der Waals surface area contributed by atoms with E-state index in [4.69, 9.17) is 0 Å². The van der Waals surface area contributed by atoms with E-state index >= 15 is 0 Å². The van der Waals surface area contributed by atoms with E-state index in [1.165, 1.54) is 0 Å². The van der Waals surface area contributed by atoms with E-state index in [-0.39, 0.29) is 12.5 Å². The smallest absolute Gasteiger partial charge is 0.383 e. The minimum absolute atomic E-state index is 0.0141. The van der Waals surface area contributed by atoms with Crippen molar-refractivity contribution in [1.82, 2.24) is 0 Å². The number of halogens is 4. The average Bonchev–Trinajstić information content (AvgIpc) is 2.37. The standard InChI is InChI=1S/C16H17BrF3N/c1-11(3-2-8-16(18,19)20)21-15-7-5-12-9-14(17)6-4-13(12)10-15/h4-7,9-11,21H,2-3,8H2,1H3. The van der Waals surface area contributed by atoms with Crippen LogP contribution in [0.2, 0.25) is 0 Å². The monoisotopic (exact) mass is 359 g/mol. The molecule has 0 bridgehead atoms. The van der Waals surface area contributed by atoms with Gasteiger partial charge in [0.25, 0.3) is 0 Å². The van der Waals surface area contributed by atoms with E-state index in [0.29, 0.717) is 6.42 Å². The van der Waals surface area contributed by atoms with E-state index in [1.807, 2.05) is 43.3 Å². The highest BCUT2D eigenvalue weighted by molar-refractivity contribution is 9.10. The van der Waals surface area contributed by atoms with Gasteiger partial charge in [-0.1, -0.05) is 28.1 Å². The first-order chi connectivity index (χ1) is 9.83. The fraction of sp³-hybridized carbons (Fsp3) is 0.375. The highest BCUT2D eigenvalue weighted by atomic mass is 79.9. The van der Waals surface area contributed by atoms with Gasteiger partial charge < -0.3 is 5.32 Å². The maximum absolute atomic E-state index is 12.1. The lowest BCUT2D eigenvalue weighted by molar-refractivity contribution is -0.135. The van der Waals surface area contributed by atoms with E-state index in [0.717, 1.165) is 20.9 Å². The molecule has 1 nitrogen and oxygen atoms in total. The number of benzene rings is 2. The van der Waals surface area contributed by atoms with Gasteiger partial charge in [0.2, 0.25) is 0 Å². The highest BCUT2D eigenvalue weighted by Crippen LogP contribution is 2.25. The lowest BCUT2D eigenvalue weighted by Crippen LogP contribution is -2.16. The van der Waals surface area contributed by atoms with Crippen LogP contribution in [0.3, 0.4) is 0 Å². The molecule has 2 aromatic rings. The van der Waals surface area contributed by atoms with E-state index < -0.39 is 12.6 Å². The number of hydrogen-bond acceptors (Lipinski definition) is 1. The van der Waals surface area contributed by atoms with Crippen LogP contribution in [0.15, 0.2) is 40.9 Å². The second-order valence-electron chi connectivity index (χ2n) is 5.26. The van der Waals surface area contributed by atoms with Gasteiger partial charge in [0, 0.05) is 22.6 Å². The topological polar surface area (TPSA) is 12.0 Å². The molecule has 0 spiro atoms. The molecule has 0 heterocycles. The van der Waals surface area contributed by atoms with Gasteiger partial charge in [-0.2, -0.15) is 13.2 Å². The summed E-state index contributed by atoms with van der Waals surface area (Å²) in [5.74, 6) is 0. The average molecular weight is 360 g/mol. The molecule has 21 heavy (non-hydrogen) atoms. The third kappa shape index (κ3) is 5.23. The largest absolute Gasteiger partial charge is 0.389 e. The van der Waals surface area contributed by atoms with Gasteiger partial charge >= 0.3 is 6.18 Å². The lowest BCUT2D eigenvalue weighted by Gasteiger charge is -2.16. The summed E-state index contributed by atoms with van der Waals surface area (Å²) in [7, 11) is 0. The Hall–Kier alpha value is -1.23. The molecular formula is C16H17BrF3N. The predicted molar refractivity (Wildman–Crippen MR) is 84.6 cm³/mol. The number of fused-ring (bicyclic) bond motifs is 1. The third-order valence-electron chi connectivity index (χ3n) is 3.31. The summed E-state index contributed by atoms with van der Waals surface area (Å²) >= 11 is 3.43. The maximum Gasteiger partial charge on any atom is 0.389 e. The molecular weight excluding hydrogens is 343 g/mol. The zero-order valence-electron chi connectivity index (χ0n) is 11.7. The van der Waals surface area contributed by atoms with E-state index in [2.05, 4.69) is 21.2 Å². The molecule has 1 atom stereocenters. The van der Waals surface area contributed by atoms with Crippen molar-refractivity contribution >= 4 is 32.4 Å². The molecule has 0 aliphatic rings. The Balaban J connectivity index is 1.94. The molecule has 0 aromatic heterocycles. The van der Waals surface area contributed by atoms with Crippen LogP contribution in [-0.4, -0.2) is 12.2 Å². The molecule has 0 saturated carbocycles. The SMILES string of the molecule is CC(CCCC(F)(F)F)Nc1ccc2cc(Br)ccc2c1. The van der Waals surface area contributed by atoms with E-state index in [9.17, 15) is 13.2 Å². The minimum Gasteiger partial charge on any atom is -0.383 e. The molecule has 0 amide bonds. The van der Waals surface area contributed by atoms with Crippen molar-refractivity contribution in [2.75, 3.05) is 5.32 Å². The Labute approximate surface area is 130 Å². The summed E-state index contributed by atoms with van der Waals surface area (Å²) in [6.45, 7) is 1.90. The van der Waals surface area contributed by atoms with Crippen molar-refractivity contribution in [2.24, 2.45) is 0 Å². The first-order valence-corrected chi connectivity index (χ1v) is 7.65. The number of nitrogens with one attached hydrogen (secondary N) is 1. The maximum atomic E-state index is 12.1. The van der Waals surface area contributed by atoms with Crippen molar-refractivity contribution < 1.29 is 13.2 Å². The molecule has 1 unspecified atom stereocenters. The summed E-state index contributed by atoms with van der Waals surface area (Å²) in [6, 6.07) is 12.0. The number of rotatable bonds is 5. The van der Waals surface area contributed by atoms with Crippen LogP contribution in [0, 0.1) is 0 Å². The molecule has 0 fully saturated rings. The summed E-state index contributed by atoms with van der Waals surface area (Å²) in [5, 5.41) is 5.48. The van der Waals surface area contributed by atoms with Crippen LogP contribution >= 0.6 is 15.9 Å². The Kier molecular flexibility index (Phi) is 5.14. The number of alkyl halides is 3. The van der Waals surface area contributed by atoms with Gasteiger partial charge in [-0.3, -0.25) is 0 Å². The number of anilines is 1. The van der Waals surface area contributed by atoms with Crippen molar-refractivity contribution in [3.05, 3.63) is 40.9 Å². The second-order valence-corrected chi connectivity index (χ2v) is 6.17. The van der Waals surface area contributed by atoms with Crippen LogP contribution in [0.4, 0.5) is 18.9 Å². The second kappa shape index (κ2) is 6.69. The van der Waals surface area contributed by atoms with E-state index in [1.54, 1.807) is 0 Å². The Morgan fingerprint density at radius 2 is 1.76 bits per heavy atom. The fourth-order valence-electron chi connectivity index (χ4n) is 2.27. The molecule has 0 aliphatic carbocycles. The molecule has 5 heteroatoms. The highest BCUT2D eigenvalue weighted by Gasteiger charge is 2.26. The van der Waals surface area contributed by atoms with Gasteiger partial charge in [0.1, 0.15) is 0 Å². The molecule has 1 N–H and O–H groups in total. The number of hydrogen-bond donors (Lipinski definition) is 1. The Bertz CT molecular complexity index is 610. The molecule has 0 radical (unpaired) electrons. The van der Waals surface area contributed by atoms with Crippen LogP contribution in [-0.2, 0) is 0 Å². The quantitative estimate of drug-likeness (QED) is 0.676. The van der Waals surface area contributed by atoms with Gasteiger partial charge in [-0.05, 0) is 54.8 Å². The zero-order valence-corrected chi connectivity index (χ0v) is 13.3. The van der Waals surface area contributed by atoms with Crippen molar-refractivity contribution in [3.8, 4) is 0 Å².